The maximum atomic E-state index is 10.9. The van der Waals surface area contributed by atoms with E-state index in [4.69, 9.17) is 23.2 Å². The van der Waals surface area contributed by atoms with Crippen LogP contribution < -0.4 is 5.32 Å². The van der Waals surface area contributed by atoms with Crippen molar-refractivity contribution in [2.24, 2.45) is 0 Å². The molecule has 0 saturated heterocycles. The monoisotopic (exact) mass is 279 g/mol. The van der Waals surface area contributed by atoms with Crippen LogP contribution in [0, 0.1) is 0 Å². The maximum absolute atomic E-state index is 10.9. The van der Waals surface area contributed by atoms with Crippen LogP contribution in [-0.4, -0.2) is 22.8 Å². The quantitative estimate of drug-likeness (QED) is 0.898. The van der Waals surface area contributed by atoms with Crippen LogP contribution in [0.25, 0.3) is 0 Å². The van der Waals surface area contributed by atoms with Crippen molar-refractivity contribution >= 4 is 34.0 Å². The molecule has 5 heteroatoms. The number of rotatable bonds is 5. The fourth-order valence-electron chi connectivity index (χ4n) is 1.38. The van der Waals surface area contributed by atoms with E-state index < -0.39 is 10.8 Å². The number of benzene rings is 1. The van der Waals surface area contributed by atoms with Crippen molar-refractivity contribution in [3.8, 4) is 0 Å². The SMILES string of the molecule is CC(NCCS(C)=O)c1ccc(Cl)cc1Cl. The summed E-state index contributed by atoms with van der Waals surface area (Å²) in [5.74, 6) is 0.648. The molecule has 1 aromatic carbocycles. The van der Waals surface area contributed by atoms with E-state index in [2.05, 4.69) is 5.32 Å². The van der Waals surface area contributed by atoms with Gasteiger partial charge >= 0.3 is 0 Å². The summed E-state index contributed by atoms with van der Waals surface area (Å²) in [5, 5.41) is 4.56. The van der Waals surface area contributed by atoms with Crippen LogP contribution in [0.5, 0.6) is 0 Å². The zero-order chi connectivity index (χ0) is 12.1. The summed E-state index contributed by atoms with van der Waals surface area (Å²) in [6.45, 7) is 2.73. The Morgan fingerprint density at radius 1 is 1.44 bits per heavy atom. The number of hydrogen-bond acceptors (Lipinski definition) is 2. The largest absolute Gasteiger partial charge is 0.309 e. The lowest BCUT2D eigenvalue weighted by molar-refractivity contribution is 0.597. The molecule has 2 unspecified atom stereocenters. The van der Waals surface area contributed by atoms with E-state index in [9.17, 15) is 4.21 Å². The van der Waals surface area contributed by atoms with Gasteiger partial charge in [0, 0.05) is 45.4 Å². The zero-order valence-corrected chi connectivity index (χ0v) is 11.6. The minimum absolute atomic E-state index is 0.133. The van der Waals surface area contributed by atoms with Crippen molar-refractivity contribution in [3.05, 3.63) is 33.8 Å². The molecule has 0 radical (unpaired) electrons. The standard InChI is InChI=1S/C11H15Cl2NOS/c1-8(14-5-6-16(2)15)10-4-3-9(12)7-11(10)13/h3-4,7-8,14H,5-6H2,1-2H3. The Bertz CT molecular complexity index is 384. The molecule has 0 aliphatic rings. The van der Waals surface area contributed by atoms with Gasteiger partial charge in [0.25, 0.3) is 0 Å². The normalized spacial score (nSPS) is 14.8. The first-order valence-electron chi connectivity index (χ1n) is 4.99. The molecule has 1 rings (SSSR count). The highest BCUT2D eigenvalue weighted by atomic mass is 35.5. The van der Waals surface area contributed by atoms with E-state index in [0.29, 0.717) is 22.3 Å². The highest BCUT2D eigenvalue weighted by Crippen LogP contribution is 2.25. The van der Waals surface area contributed by atoms with Crippen molar-refractivity contribution in [2.45, 2.75) is 13.0 Å². The molecule has 0 amide bonds. The molecular formula is C11H15Cl2NOS. The molecule has 0 bridgehead atoms. The average molecular weight is 280 g/mol. The van der Waals surface area contributed by atoms with Gasteiger partial charge in [0.15, 0.2) is 0 Å². The molecule has 90 valence electrons. The first kappa shape index (κ1) is 14.0. The Kier molecular flexibility index (Phi) is 5.76. The summed E-state index contributed by atoms with van der Waals surface area (Å²) in [7, 11) is -0.764. The van der Waals surface area contributed by atoms with Gasteiger partial charge in [-0.1, -0.05) is 29.3 Å². The topological polar surface area (TPSA) is 29.1 Å². The molecule has 1 N–H and O–H groups in total. The summed E-state index contributed by atoms with van der Waals surface area (Å²) in [6.07, 6.45) is 1.70. The molecule has 0 aliphatic heterocycles. The fraction of sp³-hybridized carbons (Fsp3) is 0.455. The molecule has 0 aliphatic carbocycles. The third-order valence-corrected chi connectivity index (χ3v) is 3.61. The van der Waals surface area contributed by atoms with Crippen molar-refractivity contribution in [1.29, 1.82) is 0 Å². The summed E-state index contributed by atoms with van der Waals surface area (Å²) in [4.78, 5) is 0. The van der Waals surface area contributed by atoms with Gasteiger partial charge in [0.1, 0.15) is 0 Å². The summed E-state index contributed by atoms with van der Waals surface area (Å²) >= 11 is 11.9. The predicted molar refractivity (Wildman–Crippen MR) is 71.8 cm³/mol. The molecule has 0 heterocycles. The first-order chi connectivity index (χ1) is 7.50. The van der Waals surface area contributed by atoms with E-state index in [1.54, 1.807) is 12.3 Å². The Balaban J connectivity index is 2.58. The van der Waals surface area contributed by atoms with Gasteiger partial charge in [-0.2, -0.15) is 0 Å². The van der Waals surface area contributed by atoms with Crippen molar-refractivity contribution in [1.82, 2.24) is 5.32 Å². The molecule has 0 spiro atoms. The lowest BCUT2D eigenvalue weighted by Gasteiger charge is -2.15. The zero-order valence-electron chi connectivity index (χ0n) is 9.30. The Morgan fingerprint density at radius 3 is 2.69 bits per heavy atom. The van der Waals surface area contributed by atoms with Gasteiger partial charge in [-0.05, 0) is 24.6 Å². The lowest BCUT2D eigenvalue weighted by atomic mass is 10.1. The van der Waals surface area contributed by atoms with Gasteiger partial charge in [-0.15, -0.1) is 0 Å². The maximum Gasteiger partial charge on any atom is 0.0468 e. The third-order valence-electron chi connectivity index (χ3n) is 2.27. The first-order valence-corrected chi connectivity index (χ1v) is 7.47. The van der Waals surface area contributed by atoms with Crippen LogP contribution in [-0.2, 0) is 10.8 Å². The average Bonchev–Trinajstić information content (AvgIpc) is 2.16. The van der Waals surface area contributed by atoms with Crippen LogP contribution >= 0.6 is 23.2 Å². The summed E-state index contributed by atoms with van der Waals surface area (Å²) in [6, 6.07) is 5.59. The Morgan fingerprint density at radius 2 is 2.12 bits per heavy atom. The van der Waals surface area contributed by atoms with Crippen LogP contribution in [0.4, 0.5) is 0 Å². The minimum Gasteiger partial charge on any atom is -0.309 e. The molecule has 2 atom stereocenters. The van der Waals surface area contributed by atoms with Crippen molar-refractivity contribution < 1.29 is 4.21 Å². The van der Waals surface area contributed by atoms with Crippen LogP contribution in [0.3, 0.4) is 0 Å². The Hall–Kier alpha value is -0.0900. The smallest absolute Gasteiger partial charge is 0.0468 e. The van der Waals surface area contributed by atoms with Crippen molar-refractivity contribution in [3.63, 3.8) is 0 Å². The molecule has 0 saturated carbocycles. The van der Waals surface area contributed by atoms with Gasteiger partial charge < -0.3 is 5.32 Å². The highest BCUT2D eigenvalue weighted by molar-refractivity contribution is 7.84. The minimum atomic E-state index is -0.764. The van der Waals surface area contributed by atoms with Gasteiger partial charge in [0.2, 0.25) is 0 Å². The predicted octanol–water partition coefficient (Wildman–Crippen LogP) is 3.02. The third kappa shape index (κ3) is 4.42. The Labute approximate surface area is 109 Å². The van der Waals surface area contributed by atoms with Gasteiger partial charge in [-0.25, -0.2) is 0 Å². The highest BCUT2D eigenvalue weighted by Gasteiger charge is 2.09. The van der Waals surface area contributed by atoms with Crippen LogP contribution in [0.1, 0.15) is 18.5 Å². The molecule has 1 aromatic rings. The number of nitrogens with one attached hydrogen (secondary N) is 1. The van der Waals surface area contributed by atoms with E-state index in [-0.39, 0.29) is 6.04 Å². The summed E-state index contributed by atoms with van der Waals surface area (Å²) < 4.78 is 10.9. The fourth-order valence-corrected chi connectivity index (χ4v) is 2.36. The van der Waals surface area contributed by atoms with Gasteiger partial charge in [-0.3, -0.25) is 4.21 Å². The lowest BCUT2D eigenvalue weighted by Crippen LogP contribution is -2.23. The second-order valence-corrected chi connectivity index (χ2v) is 6.02. The van der Waals surface area contributed by atoms with Crippen molar-refractivity contribution in [2.75, 3.05) is 18.6 Å². The molecule has 16 heavy (non-hydrogen) atoms. The molecular weight excluding hydrogens is 265 g/mol. The van der Waals surface area contributed by atoms with Crippen LogP contribution in [0.15, 0.2) is 18.2 Å². The molecule has 2 nitrogen and oxygen atoms in total. The number of hydrogen-bond donors (Lipinski definition) is 1. The second kappa shape index (κ2) is 6.60. The molecule has 0 aromatic heterocycles. The second-order valence-electron chi connectivity index (χ2n) is 3.62. The van der Waals surface area contributed by atoms with E-state index in [1.165, 1.54) is 0 Å². The molecule has 0 fully saturated rings. The summed E-state index contributed by atoms with van der Waals surface area (Å²) in [5.41, 5.74) is 1.01. The van der Waals surface area contributed by atoms with E-state index in [0.717, 1.165) is 5.56 Å². The van der Waals surface area contributed by atoms with Crippen LogP contribution in [0.2, 0.25) is 10.0 Å². The van der Waals surface area contributed by atoms with E-state index in [1.807, 2.05) is 19.1 Å². The van der Waals surface area contributed by atoms with E-state index >= 15 is 0 Å². The van der Waals surface area contributed by atoms with Gasteiger partial charge in [0.05, 0.1) is 0 Å². The number of halogens is 2.